The molecule has 0 aliphatic rings. The summed E-state index contributed by atoms with van der Waals surface area (Å²) in [5.74, 6) is 0.395. The Labute approximate surface area is 112 Å². The van der Waals surface area contributed by atoms with E-state index in [2.05, 4.69) is 19.2 Å². The van der Waals surface area contributed by atoms with Gasteiger partial charge in [0.1, 0.15) is 0 Å². The highest BCUT2D eigenvalue weighted by Gasteiger charge is 2.15. The van der Waals surface area contributed by atoms with Crippen LogP contribution in [0, 0.1) is 5.92 Å². The fourth-order valence-corrected chi connectivity index (χ4v) is 2.06. The molecule has 0 saturated heterocycles. The molecule has 4 nitrogen and oxygen atoms in total. The molecule has 0 aromatic heterocycles. The molecule has 1 unspecified atom stereocenters. The molecule has 0 bridgehead atoms. The Kier molecular flexibility index (Phi) is 11.8. The van der Waals surface area contributed by atoms with Crippen molar-refractivity contribution in [3.05, 3.63) is 0 Å². The molecule has 0 fully saturated rings. The molecule has 0 spiro atoms. The molecule has 0 amide bonds. The molecule has 0 radical (unpaired) electrons. The van der Waals surface area contributed by atoms with Crippen molar-refractivity contribution in [2.45, 2.75) is 59.4 Å². The lowest BCUT2D eigenvalue weighted by atomic mass is 9.96. The summed E-state index contributed by atoms with van der Waals surface area (Å²) in [5, 5.41) is 13.2. The maximum atomic E-state index is 9.96. The number of aliphatic hydroxyl groups excluding tert-OH is 1. The van der Waals surface area contributed by atoms with E-state index in [0.29, 0.717) is 25.7 Å². The van der Waals surface area contributed by atoms with Gasteiger partial charge in [-0.05, 0) is 19.8 Å². The largest absolute Gasteiger partial charge is 0.392 e. The molecule has 0 rings (SSSR count). The van der Waals surface area contributed by atoms with Crippen LogP contribution in [0.1, 0.15) is 47.0 Å². The normalized spacial score (nSPS) is 13.5. The van der Waals surface area contributed by atoms with E-state index in [1.165, 1.54) is 0 Å². The van der Waals surface area contributed by atoms with Crippen LogP contribution in [0.4, 0.5) is 0 Å². The van der Waals surface area contributed by atoms with Gasteiger partial charge in [-0.2, -0.15) is 0 Å². The lowest BCUT2D eigenvalue weighted by Gasteiger charge is -2.21. The van der Waals surface area contributed by atoms with Crippen LogP contribution in [0.3, 0.4) is 0 Å². The topological polar surface area (TPSA) is 50.7 Å². The molecular formula is C14H31NO3. The van der Waals surface area contributed by atoms with Crippen LogP contribution in [-0.2, 0) is 9.47 Å². The number of hydrogen-bond donors (Lipinski definition) is 2. The molecule has 0 heterocycles. The maximum Gasteiger partial charge on any atom is 0.158 e. The van der Waals surface area contributed by atoms with Gasteiger partial charge in [0.2, 0.25) is 0 Å². The summed E-state index contributed by atoms with van der Waals surface area (Å²) in [6.07, 6.45) is 2.49. The third-order valence-corrected chi connectivity index (χ3v) is 3.21. The first-order chi connectivity index (χ1) is 8.69. The fraction of sp³-hybridized carbons (Fsp3) is 1.00. The summed E-state index contributed by atoms with van der Waals surface area (Å²) >= 11 is 0. The van der Waals surface area contributed by atoms with Gasteiger partial charge in [-0.3, -0.25) is 0 Å². The van der Waals surface area contributed by atoms with Crippen molar-refractivity contribution in [3.8, 4) is 0 Å². The third-order valence-electron chi connectivity index (χ3n) is 3.21. The molecule has 2 N–H and O–H groups in total. The van der Waals surface area contributed by atoms with Crippen molar-refractivity contribution in [2.75, 3.05) is 26.3 Å². The van der Waals surface area contributed by atoms with Crippen molar-refractivity contribution in [1.29, 1.82) is 0 Å². The van der Waals surface area contributed by atoms with E-state index in [9.17, 15) is 5.11 Å². The van der Waals surface area contributed by atoms with Gasteiger partial charge >= 0.3 is 0 Å². The first kappa shape index (κ1) is 17.8. The second-order valence-electron chi connectivity index (χ2n) is 4.48. The quantitative estimate of drug-likeness (QED) is 0.417. The zero-order valence-corrected chi connectivity index (χ0v) is 12.4. The minimum Gasteiger partial charge on any atom is -0.392 e. The average Bonchev–Trinajstić information content (AvgIpc) is 2.36. The maximum absolute atomic E-state index is 9.96. The lowest BCUT2D eigenvalue weighted by Crippen LogP contribution is -2.34. The molecule has 18 heavy (non-hydrogen) atoms. The number of ether oxygens (including phenoxy) is 2. The molecule has 0 aliphatic carbocycles. The standard InChI is InChI=1S/C14H31NO3/c1-5-12(6-2)13(16)11-15-10-9-14(17-7-3)18-8-4/h12-16H,5-11H2,1-4H3. The second-order valence-corrected chi connectivity index (χ2v) is 4.48. The van der Waals surface area contributed by atoms with Crippen LogP contribution in [0.2, 0.25) is 0 Å². The molecule has 4 heteroatoms. The van der Waals surface area contributed by atoms with Gasteiger partial charge in [0.25, 0.3) is 0 Å². The van der Waals surface area contributed by atoms with Crippen molar-refractivity contribution in [3.63, 3.8) is 0 Å². The Morgan fingerprint density at radius 3 is 2.00 bits per heavy atom. The highest BCUT2D eigenvalue weighted by atomic mass is 16.7. The minimum absolute atomic E-state index is 0.127. The van der Waals surface area contributed by atoms with Crippen molar-refractivity contribution >= 4 is 0 Å². The van der Waals surface area contributed by atoms with Gasteiger partial charge in [0.05, 0.1) is 6.10 Å². The van der Waals surface area contributed by atoms with E-state index in [1.807, 2.05) is 13.8 Å². The van der Waals surface area contributed by atoms with Crippen molar-refractivity contribution in [2.24, 2.45) is 5.92 Å². The summed E-state index contributed by atoms with van der Waals surface area (Å²) in [7, 11) is 0. The second kappa shape index (κ2) is 11.9. The first-order valence-electron chi connectivity index (χ1n) is 7.31. The van der Waals surface area contributed by atoms with E-state index in [0.717, 1.165) is 25.8 Å². The zero-order chi connectivity index (χ0) is 13.8. The Balaban J connectivity index is 3.69. The van der Waals surface area contributed by atoms with Crippen LogP contribution < -0.4 is 5.32 Å². The Morgan fingerprint density at radius 2 is 1.56 bits per heavy atom. The predicted molar refractivity (Wildman–Crippen MR) is 74.6 cm³/mol. The van der Waals surface area contributed by atoms with Gasteiger partial charge in [-0.1, -0.05) is 26.7 Å². The Hall–Kier alpha value is -0.160. The van der Waals surface area contributed by atoms with E-state index >= 15 is 0 Å². The van der Waals surface area contributed by atoms with Crippen LogP contribution >= 0.6 is 0 Å². The molecule has 0 saturated carbocycles. The average molecular weight is 261 g/mol. The van der Waals surface area contributed by atoms with Gasteiger partial charge < -0.3 is 19.9 Å². The molecule has 110 valence electrons. The highest BCUT2D eigenvalue weighted by Crippen LogP contribution is 2.12. The molecule has 0 aromatic rings. The number of hydrogen-bond acceptors (Lipinski definition) is 4. The highest BCUT2D eigenvalue weighted by molar-refractivity contribution is 4.68. The molecule has 1 atom stereocenters. The molecular weight excluding hydrogens is 230 g/mol. The van der Waals surface area contributed by atoms with Gasteiger partial charge in [0, 0.05) is 32.7 Å². The van der Waals surface area contributed by atoms with E-state index in [-0.39, 0.29) is 12.4 Å². The van der Waals surface area contributed by atoms with E-state index in [4.69, 9.17) is 9.47 Å². The first-order valence-corrected chi connectivity index (χ1v) is 7.31. The molecule has 0 aromatic carbocycles. The monoisotopic (exact) mass is 261 g/mol. The van der Waals surface area contributed by atoms with Crippen molar-refractivity contribution in [1.82, 2.24) is 5.32 Å². The number of aliphatic hydroxyl groups is 1. The van der Waals surface area contributed by atoms with Crippen LogP contribution in [-0.4, -0.2) is 43.8 Å². The summed E-state index contributed by atoms with van der Waals surface area (Å²) in [6, 6.07) is 0. The summed E-state index contributed by atoms with van der Waals surface area (Å²) in [5.41, 5.74) is 0. The number of nitrogens with one attached hydrogen (secondary N) is 1. The Morgan fingerprint density at radius 1 is 1.00 bits per heavy atom. The smallest absolute Gasteiger partial charge is 0.158 e. The van der Waals surface area contributed by atoms with Crippen LogP contribution in [0.5, 0.6) is 0 Å². The summed E-state index contributed by atoms with van der Waals surface area (Å²) in [4.78, 5) is 0. The third kappa shape index (κ3) is 8.03. The molecule has 0 aliphatic heterocycles. The van der Waals surface area contributed by atoms with Crippen molar-refractivity contribution < 1.29 is 14.6 Å². The minimum atomic E-state index is -0.252. The van der Waals surface area contributed by atoms with E-state index in [1.54, 1.807) is 0 Å². The van der Waals surface area contributed by atoms with Crippen LogP contribution in [0.25, 0.3) is 0 Å². The van der Waals surface area contributed by atoms with Crippen LogP contribution in [0.15, 0.2) is 0 Å². The van der Waals surface area contributed by atoms with Gasteiger partial charge in [-0.25, -0.2) is 0 Å². The van der Waals surface area contributed by atoms with Gasteiger partial charge in [-0.15, -0.1) is 0 Å². The SMILES string of the molecule is CCOC(CCNCC(O)C(CC)CC)OCC. The summed E-state index contributed by atoms with van der Waals surface area (Å²) in [6.45, 7) is 11.0. The number of rotatable bonds is 12. The summed E-state index contributed by atoms with van der Waals surface area (Å²) < 4.78 is 10.9. The van der Waals surface area contributed by atoms with E-state index < -0.39 is 0 Å². The fourth-order valence-electron chi connectivity index (χ4n) is 2.06. The van der Waals surface area contributed by atoms with Gasteiger partial charge in [0.15, 0.2) is 6.29 Å². The zero-order valence-electron chi connectivity index (χ0n) is 12.4. The predicted octanol–water partition coefficient (Wildman–Crippen LogP) is 2.16. The Bertz CT molecular complexity index is 164. The lowest BCUT2D eigenvalue weighted by molar-refractivity contribution is -0.138.